The van der Waals surface area contributed by atoms with Crippen LogP contribution in [0.1, 0.15) is 89.9 Å². The van der Waals surface area contributed by atoms with Crippen LogP contribution in [0, 0.1) is 0 Å². The van der Waals surface area contributed by atoms with Crippen LogP contribution in [-0.2, 0) is 11.3 Å². The van der Waals surface area contributed by atoms with E-state index in [2.05, 4.69) is 15.7 Å². The first-order chi connectivity index (χ1) is 11.3. The fraction of sp³-hybridized carbons (Fsp3) is 0.789. The minimum Gasteiger partial charge on any atom is -0.481 e. The summed E-state index contributed by atoms with van der Waals surface area (Å²) in [5.41, 5.74) is 0. The molecule has 23 heavy (non-hydrogen) atoms. The average Bonchev–Trinajstić information content (AvgIpc) is 3.04. The van der Waals surface area contributed by atoms with E-state index < -0.39 is 5.97 Å². The van der Waals surface area contributed by atoms with E-state index in [-0.39, 0.29) is 0 Å². The van der Waals surface area contributed by atoms with Gasteiger partial charge in [0.2, 0.25) is 6.33 Å². The number of hydrogen-bond donors (Lipinski definition) is 2. The summed E-state index contributed by atoms with van der Waals surface area (Å²) in [5, 5.41) is 8.55. The first kappa shape index (κ1) is 19.7. The number of rotatable bonds is 16. The summed E-state index contributed by atoms with van der Waals surface area (Å²) in [6.45, 7) is 1.13. The summed E-state index contributed by atoms with van der Waals surface area (Å²) >= 11 is 0. The van der Waals surface area contributed by atoms with Gasteiger partial charge >= 0.3 is 5.97 Å². The zero-order chi connectivity index (χ0) is 16.6. The predicted molar refractivity (Wildman–Crippen MR) is 93.3 cm³/mol. The van der Waals surface area contributed by atoms with E-state index in [0.29, 0.717) is 6.42 Å². The number of carboxylic acids is 1. The van der Waals surface area contributed by atoms with Crippen LogP contribution in [0.3, 0.4) is 0 Å². The molecule has 0 saturated heterocycles. The van der Waals surface area contributed by atoms with E-state index in [1.165, 1.54) is 70.6 Å². The standard InChI is InChI=1S/C19H34N2O2/c22-19(23)14-12-10-8-6-4-2-1-3-5-7-9-11-13-16-21-17-15-20-18-21/h15,17-18H,1-14,16H2,(H,22,23)/p+1. The zero-order valence-corrected chi connectivity index (χ0v) is 14.6. The molecule has 1 rings (SSSR count). The number of carbonyl (C=O) groups is 1. The van der Waals surface area contributed by atoms with Crippen molar-refractivity contribution < 1.29 is 14.5 Å². The number of carboxylic acid groups (broad SMARTS) is 1. The predicted octanol–water partition coefficient (Wildman–Crippen LogP) is 4.85. The van der Waals surface area contributed by atoms with Gasteiger partial charge in [-0.05, 0) is 19.3 Å². The lowest BCUT2D eigenvalue weighted by Crippen LogP contribution is -2.30. The lowest BCUT2D eigenvalue weighted by atomic mass is 10.0. The maximum absolute atomic E-state index is 10.4. The third-order valence-electron chi connectivity index (χ3n) is 4.41. The Bertz CT molecular complexity index is 377. The Balaban J connectivity index is 1.69. The van der Waals surface area contributed by atoms with E-state index >= 15 is 0 Å². The van der Waals surface area contributed by atoms with Gasteiger partial charge in [0.1, 0.15) is 12.4 Å². The highest BCUT2D eigenvalue weighted by Crippen LogP contribution is 2.12. The number of nitrogens with one attached hydrogen (secondary N) is 1. The monoisotopic (exact) mass is 323 g/mol. The first-order valence-corrected chi connectivity index (χ1v) is 9.52. The molecule has 0 atom stereocenters. The second-order valence-electron chi connectivity index (χ2n) is 6.59. The molecule has 0 fully saturated rings. The van der Waals surface area contributed by atoms with Gasteiger partial charge in [-0.1, -0.05) is 64.2 Å². The molecule has 0 aliphatic heterocycles. The molecule has 0 spiro atoms. The maximum Gasteiger partial charge on any atom is 0.303 e. The molecular formula is C19H35N2O2+. The molecule has 0 aromatic carbocycles. The Hall–Kier alpha value is -1.32. The largest absolute Gasteiger partial charge is 0.481 e. The van der Waals surface area contributed by atoms with E-state index in [0.717, 1.165) is 19.4 Å². The van der Waals surface area contributed by atoms with E-state index in [1.807, 2.05) is 12.5 Å². The van der Waals surface area contributed by atoms with Crippen LogP contribution < -0.4 is 4.57 Å². The highest BCUT2D eigenvalue weighted by atomic mass is 16.4. The molecule has 2 N–H and O–H groups in total. The molecule has 0 aliphatic rings. The normalized spacial score (nSPS) is 11.0. The van der Waals surface area contributed by atoms with Crippen molar-refractivity contribution in [1.29, 1.82) is 0 Å². The molecule has 4 nitrogen and oxygen atoms in total. The van der Waals surface area contributed by atoms with Crippen LogP contribution in [0.25, 0.3) is 0 Å². The van der Waals surface area contributed by atoms with Gasteiger partial charge in [0.15, 0.2) is 0 Å². The summed E-state index contributed by atoms with van der Waals surface area (Å²) in [7, 11) is 0. The Kier molecular flexibility index (Phi) is 12.3. The minimum absolute atomic E-state index is 0.337. The van der Waals surface area contributed by atoms with Gasteiger partial charge in [0, 0.05) is 6.42 Å². The summed E-state index contributed by atoms with van der Waals surface area (Å²) in [6, 6.07) is 0. The molecule has 0 saturated carbocycles. The van der Waals surface area contributed by atoms with Crippen LogP contribution in [0.5, 0.6) is 0 Å². The number of aliphatic carboxylic acids is 1. The van der Waals surface area contributed by atoms with Crippen LogP contribution >= 0.6 is 0 Å². The lowest BCUT2D eigenvalue weighted by Gasteiger charge is -2.03. The zero-order valence-electron chi connectivity index (χ0n) is 14.6. The number of aromatic nitrogens is 2. The molecule has 0 bridgehead atoms. The number of unbranched alkanes of at least 4 members (excludes halogenated alkanes) is 12. The molecule has 0 unspecified atom stereocenters. The van der Waals surface area contributed by atoms with Crippen molar-refractivity contribution in [3.63, 3.8) is 0 Å². The topological polar surface area (TPSA) is 57.0 Å². The second-order valence-corrected chi connectivity index (χ2v) is 6.59. The van der Waals surface area contributed by atoms with Gasteiger partial charge in [0.25, 0.3) is 0 Å². The number of aryl methyl sites for hydroxylation is 1. The summed E-state index contributed by atoms with van der Waals surface area (Å²) in [5.74, 6) is -0.659. The Labute approximate surface area is 141 Å². The number of hydrogen-bond acceptors (Lipinski definition) is 1. The van der Waals surface area contributed by atoms with Gasteiger partial charge in [0.05, 0.1) is 6.54 Å². The summed E-state index contributed by atoms with van der Waals surface area (Å²) in [4.78, 5) is 13.4. The van der Waals surface area contributed by atoms with Crippen LogP contribution in [0.15, 0.2) is 18.7 Å². The average molecular weight is 324 g/mol. The smallest absolute Gasteiger partial charge is 0.303 e. The Morgan fingerprint density at radius 2 is 1.26 bits per heavy atom. The molecule has 132 valence electrons. The van der Waals surface area contributed by atoms with Gasteiger partial charge in [-0.3, -0.25) is 9.78 Å². The minimum atomic E-state index is -0.659. The van der Waals surface area contributed by atoms with Crippen molar-refractivity contribution in [2.24, 2.45) is 0 Å². The van der Waals surface area contributed by atoms with Gasteiger partial charge < -0.3 is 5.11 Å². The van der Waals surface area contributed by atoms with E-state index in [9.17, 15) is 4.79 Å². The van der Waals surface area contributed by atoms with Crippen molar-refractivity contribution in [1.82, 2.24) is 4.98 Å². The quantitative estimate of drug-likeness (QED) is 0.337. The first-order valence-electron chi connectivity index (χ1n) is 9.52. The lowest BCUT2D eigenvalue weighted by molar-refractivity contribution is -0.696. The molecular weight excluding hydrogens is 288 g/mol. The maximum atomic E-state index is 10.4. The van der Waals surface area contributed by atoms with Crippen LogP contribution in [-0.4, -0.2) is 16.1 Å². The fourth-order valence-electron chi connectivity index (χ4n) is 2.97. The SMILES string of the molecule is O=C(O)CCCCCCCCCCCCCCC[n+]1cc[nH]c1. The van der Waals surface area contributed by atoms with Crippen molar-refractivity contribution in [3.8, 4) is 0 Å². The molecule has 1 aromatic heterocycles. The van der Waals surface area contributed by atoms with Gasteiger partial charge in [-0.2, -0.15) is 0 Å². The third kappa shape index (κ3) is 12.9. The van der Waals surface area contributed by atoms with Gasteiger partial charge in [-0.25, -0.2) is 4.57 Å². The number of aromatic amines is 1. The van der Waals surface area contributed by atoms with E-state index in [4.69, 9.17) is 5.11 Å². The van der Waals surface area contributed by atoms with Crippen LogP contribution in [0.4, 0.5) is 0 Å². The van der Waals surface area contributed by atoms with E-state index in [1.54, 1.807) is 0 Å². The molecule has 1 heterocycles. The van der Waals surface area contributed by atoms with Crippen molar-refractivity contribution in [2.75, 3.05) is 0 Å². The number of nitrogens with zero attached hydrogens (tertiary/aromatic N) is 1. The van der Waals surface area contributed by atoms with Crippen molar-refractivity contribution in [3.05, 3.63) is 18.7 Å². The highest BCUT2D eigenvalue weighted by molar-refractivity contribution is 5.66. The second kappa shape index (κ2) is 14.3. The van der Waals surface area contributed by atoms with Gasteiger partial charge in [-0.15, -0.1) is 0 Å². The fourth-order valence-corrected chi connectivity index (χ4v) is 2.97. The summed E-state index contributed by atoms with van der Waals surface area (Å²) in [6.07, 6.45) is 23.0. The molecule has 0 radical (unpaired) electrons. The highest BCUT2D eigenvalue weighted by Gasteiger charge is 1.98. The molecule has 0 aliphatic carbocycles. The third-order valence-corrected chi connectivity index (χ3v) is 4.41. The molecule has 1 aromatic rings. The number of imidazole rings is 1. The molecule has 4 heteroatoms. The van der Waals surface area contributed by atoms with Crippen molar-refractivity contribution >= 4 is 5.97 Å². The van der Waals surface area contributed by atoms with Crippen molar-refractivity contribution in [2.45, 2.75) is 96.4 Å². The summed E-state index contributed by atoms with van der Waals surface area (Å²) < 4.78 is 2.21. The Morgan fingerprint density at radius 3 is 1.70 bits per heavy atom. The van der Waals surface area contributed by atoms with Crippen LogP contribution in [0.2, 0.25) is 0 Å². The molecule has 0 amide bonds. The Morgan fingerprint density at radius 1 is 0.783 bits per heavy atom. The number of H-pyrrole nitrogens is 1.